The summed E-state index contributed by atoms with van der Waals surface area (Å²) in [7, 11) is 1.42. The Morgan fingerprint density at radius 1 is 1.17 bits per heavy atom. The summed E-state index contributed by atoms with van der Waals surface area (Å²) >= 11 is 0. The highest BCUT2D eigenvalue weighted by molar-refractivity contribution is 5.87. The largest absolute Gasteiger partial charge is 0.357 e. The van der Waals surface area contributed by atoms with Gasteiger partial charge in [0, 0.05) is 19.9 Å². The Morgan fingerprint density at radius 2 is 1.80 bits per heavy atom. The van der Waals surface area contributed by atoms with Gasteiger partial charge in [-0.3, -0.25) is 9.59 Å². The van der Waals surface area contributed by atoms with Crippen molar-refractivity contribution in [2.75, 3.05) is 20.1 Å². The molecule has 1 heterocycles. The van der Waals surface area contributed by atoms with Gasteiger partial charge in [-0.1, -0.05) is 0 Å². The van der Waals surface area contributed by atoms with Crippen molar-refractivity contribution in [3.8, 4) is 0 Å². The summed E-state index contributed by atoms with van der Waals surface area (Å²) in [6, 6.07) is 0.711. The molecule has 9 heteroatoms. The summed E-state index contributed by atoms with van der Waals surface area (Å²) in [6.07, 6.45) is 5.60. The van der Waals surface area contributed by atoms with Crippen molar-refractivity contribution in [3.63, 3.8) is 0 Å². The van der Waals surface area contributed by atoms with Crippen LogP contribution in [0.3, 0.4) is 0 Å². The average molecular weight is 448 g/mol. The molecule has 0 unspecified atom stereocenters. The first-order valence-electron chi connectivity index (χ1n) is 10.2. The molecule has 1 spiro atoms. The van der Waals surface area contributed by atoms with E-state index in [1.165, 1.54) is 7.05 Å². The quantitative estimate of drug-likeness (QED) is 0.587. The molecule has 1 aliphatic carbocycles. The number of halogens is 4. The normalized spacial score (nSPS) is 21.0. The van der Waals surface area contributed by atoms with Crippen LogP contribution in [-0.2, 0) is 16.0 Å². The molecule has 2 fully saturated rings. The molecule has 1 aliphatic heterocycles. The van der Waals surface area contributed by atoms with E-state index >= 15 is 0 Å². The second-order valence-electron chi connectivity index (χ2n) is 8.37. The Morgan fingerprint density at radius 3 is 2.40 bits per heavy atom. The third-order valence-electron chi connectivity index (χ3n) is 6.32. The second kappa shape index (κ2) is 10.5. The molecule has 2 aliphatic rings. The van der Waals surface area contributed by atoms with E-state index in [4.69, 9.17) is 0 Å². The molecule has 168 valence electrons. The lowest BCUT2D eigenvalue weighted by Crippen LogP contribution is -2.47. The van der Waals surface area contributed by atoms with Crippen molar-refractivity contribution in [2.45, 2.75) is 51.0 Å². The first-order valence-corrected chi connectivity index (χ1v) is 10.2. The van der Waals surface area contributed by atoms with Crippen LogP contribution in [0.5, 0.6) is 0 Å². The van der Waals surface area contributed by atoms with Gasteiger partial charge in [-0.05, 0) is 74.2 Å². The zero-order chi connectivity index (χ0) is 21.0. The highest BCUT2D eigenvalue weighted by Crippen LogP contribution is 2.48. The Labute approximate surface area is 181 Å². The number of hydrogen-bond acceptors (Lipinski definition) is 3. The van der Waals surface area contributed by atoms with Crippen LogP contribution in [0.4, 0.5) is 13.2 Å². The lowest BCUT2D eigenvalue weighted by atomic mass is 9.77. The molecular formula is C21H29ClF3N3O2. The van der Waals surface area contributed by atoms with Gasteiger partial charge in [0.1, 0.15) is 6.04 Å². The van der Waals surface area contributed by atoms with Crippen molar-refractivity contribution in [1.29, 1.82) is 0 Å². The number of carbonyl (C=O) groups excluding carboxylic acids is 2. The topological polar surface area (TPSA) is 70.2 Å². The Bertz CT molecular complexity index is 749. The number of amides is 2. The van der Waals surface area contributed by atoms with Crippen LogP contribution in [0, 0.1) is 28.8 Å². The monoisotopic (exact) mass is 447 g/mol. The first-order chi connectivity index (χ1) is 13.8. The third kappa shape index (κ3) is 5.88. The minimum Gasteiger partial charge on any atom is -0.357 e. The highest BCUT2D eigenvalue weighted by Gasteiger charge is 2.40. The van der Waals surface area contributed by atoms with Gasteiger partial charge in [-0.25, -0.2) is 13.2 Å². The summed E-state index contributed by atoms with van der Waals surface area (Å²) in [5.41, 5.74) is 0.435. The molecule has 3 rings (SSSR count). The molecule has 2 amide bonds. The lowest BCUT2D eigenvalue weighted by molar-refractivity contribution is -0.129. The first kappa shape index (κ1) is 24.5. The van der Waals surface area contributed by atoms with Crippen LogP contribution in [0.1, 0.15) is 44.1 Å². The molecule has 2 atom stereocenters. The fourth-order valence-electron chi connectivity index (χ4n) is 4.77. The third-order valence-corrected chi connectivity index (χ3v) is 6.32. The average Bonchev–Trinajstić information content (AvgIpc) is 3.06. The fourth-order valence-corrected chi connectivity index (χ4v) is 4.77. The number of rotatable bonds is 6. The van der Waals surface area contributed by atoms with Crippen LogP contribution in [-0.4, -0.2) is 38.0 Å². The number of likely N-dealkylation sites (N-methyl/N-ethyl adjacent to an activating group) is 1. The number of hydrogen-bond donors (Lipinski definition) is 3. The lowest BCUT2D eigenvalue weighted by Gasteiger charge is -2.34. The SMILES string of the molecule is CNC(=O)[C@@H](Cc1cc(F)c(F)c(F)c1)NC(=O)C[C@H]1CCC2(CCNCC2)C1.Cl. The highest BCUT2D eigenvalue weighted by atomic mass is 35.5. The van der Waals surface area contributed by atoms with Gasteiger partial charge in [-0.15, -0.1) is 12.4 Å². The van der Waals surface area contributed by atoms with Crippen LogP contribution in [0.25, 0.3) is 0 Å². The van der Waals surface area contributed by atoms with E-state index < -0.39 is 29.4 Å². The van der Waals surface area contributed by atoms with E-state index in [9.17, 15) is 22.8 Å². The Balaban J connectivity index is 0.00000320. The van der Waals surface area contributed by atoms with Crippen molar-refractivity contribution in [1.82, 2.24) is 16.0 Å². The summed E-state index contributed by atoms with van der Waals surface area (Å²) in [5.74, 6) is -4.63. The smallest absolute Gasteiger partial charge is 0.242 e. The van der Waals surface area contributed by atoms with Gasteiger partial charge >= 0.3 is 0 Å². The zero-order valence-corrected chi connectivity index (χ0v) is 17.8. The van der Waals surface area contributed by atoms with Crippen LogP contribution >= 0.6 is 12.4 Å². The van der Waals surface area contributed by atoms with Crippen molar-refractivity contribution in [2.24, 2.45) is 11.3 Å². The number of nitrogens with one attached hydrogen (secondary N) is 3. The maximum absolute atomic E-state index is 13.5. The zero-order valence-electron chi connectivity index (χ0n) is 17.0. The van der Waals surface area contributed by atoms with Crippen molar-refractivity contribution >= 4 is 24.2 Å². The fraction of sp³-hybridized carbons (Fsp3) is 0.619. The standard InChI is InChI=1S/C21H28F3N3O2.ClH/c1-25-20(29)17(10-14-8-15(22)19(24)16(23)9-14)27-18(28)11-13-2-3-21(12-13)4-6-26-7-5-21;/h8-9,13,17,26H,2-7,10-12H2,1H3,(H,25,29)(H,27,28);1H/t13-,17-;/m1./s1. The number of piperidine rings is 1. The molecule has 1 saturated heterocycles. The van der Waals surface area contributed by atoms with E-state index in [0.29, 0.717) is 11.8 Å². The number of benzene rings is 1. The van der Waals surface area contributed by atoms with E-state index in [2.05, 4.69) is 16.0 Å². The number of carbonyl (C=O) groups is 2. The minimum absolute atomic E-state index is 0. The maximum Gasteiger partial charge on any atom is 0.242 e. The summed E-state index contributed by atoms with van der Waals surface area (Å²) in [6.45, 7) is 2.03. The molecule has 1 saturated carbocycles. The van der Waals surface area contributed by atoms with E-state index in [1.54, 1.807) is 0 Å². The predicted octanol–water partition coefficient (Wildman–Crippen LogP) is 2.86. The van der Waals surface area contributed by atoms with E-state index in [0.717, 1.165) is 57.3 Å². The van der Waals surface area contributed by atoms with E-state index in [1.807, 2.05) is 0 Å². The Kier molecular flexibility index (Phi) is 8.55. The maximum atomic E-state index is 13.5. The molecule has 3 N–H and O–H groups in total. The molecule has 1 aromatic carbocycles. The molecule has 5 nitrogen and oxygen atoms in total. The second-order valence-corrected chi connectivity index (χ2v) is 8.37. The van der Waals surface area contributed by atoms with Gasteiger partial charge in [-0.2, -0.15) is 0 Å². The Hall–Kier alpha value is -1.80. The molecular weight excluding hydrogens is 419 g/mol. The molecule has 30 heavy (non-hydrogen) atoms. The van der Waals surface area contributed by atoms with Gasteiger partial charge in [0.25, 0.3) is 0 Å². The predicted molar refractivity (Wildman–Crippen MR) is 110 cm³/mol. The van der Waals surface area contributed by atoms with Crippen molar-refractivity contribution in [3.05, 3.63) is 35.1 Å². The van der Waals surface area contributed by atoms with Gasteiger partial charge in [0.15, 0.2) is 17.5 Å². The molecule has 0 radical (unpaired) electrons. The van der Waals surface area contributed by atoms with Crippen LogP contribution < -0.4 is 16.0 Å². The molecule has 0 aromatic heterocycles. The summed E-state index contributed by atoms with van der Waals surface area (Å²) < 4.78 is 40.1. The molecule has 0 bridgehead atoms. The van der Waals surface area contributed by atoms with Gasteiger partial charge in [0.2, 0.25) is 11.8 Å². The van der Waals surface area contributed by atoms with Crippen LogP contribution in [0.15, 0.2) is 12.1 Å². The molecule has 1 aromatic rings. The van der Waals surface area contributed by atoms with Gasteiger partial charge in [0.05, 0.1) is 0 Å². The van der Waals surface area contributed by atoms with Gasteiger partial charge < -0.3 is 16.0 Å². The minimum atomic E-state index is -1.55. The summed E-state index contributed by atoms with van der Waals surface area (Å²) in [4.78, 5) is 24.7. The van der Waals surface area contributed by atoms with Crippen LogP contribution in [0.2, 0.25) is 0 Å². The summed E-state index contributed by atoms with van der Waals surface area (Å²) in [5, 5.41) is 8.51. The van der Waals surface area contributed by atoms with Crippen molar-refractivity contribution < 1.29 is 22.8 Å². The van der Waals surface area contributed by atoms with E-state index in [-0.39, 0.29) is 36.2 Å².